The van der Waals surface area contributed by atoms with E-state index in [0.717, 1.165) is 0 Å². The van der Waals surface area contributed by atoms with Gasteiger partial charge < -0.3 is 0 Å². The van der Waals surface area contributed by atoms with Crippen LogP contribution in [0.4, 0.5) is 0 Å². The largest absolute Gasteiger partial charge is 0.0902 e. The van der Waals surface area contributed by atoms with Crippen LogP contribution < -0.4 is 0 Å². The Kier molecular flexibility index (Phi) is 2.18. The van der Waals surface area contributed by atoms with E-state index in [1.807, 2.05) is 0 Å². The molecule has 0 aliphatic heterocycles. The van der Waals surface area contributed by atoms with E-state index in [1.54, 1.807) is 0 Å². The van der Waals surface area contributed by atoms with Gasteiger partial charge in [-0.15, -0.1) is 0 Å². The summed E-state index contributed by atoms with van der Waals surface area (Å²) in [4.78, 5) is 0. The number of hydrogen-bond acceptors (Lipinski definition) is 0. The van der Waals surface area contributed by atoms with Crippen molar-refractivity contribution >= 4 is 12.6 Å². The fourth-order valence-electron chi connectivity index (χ4n) is 0. The Balaban J connectivity index is 3.54. The molecule has 0 nitrogen and oxygen atoms in total. The molecular formula is C6H13S. The predicted molar refractivity (Wildman–Crippen MR) is 36.5 cm³/mol. The van der Waals surface area contributed by atoms with Gasteiger partial charge in [0.15, 0.2) is 0 Å². The van der Waals surface area contributed by atoms with Crippen LogP contribution in [0.25, 0.3) is 0 Å². The zero-order chi connectivity index (χ0) is 6.08. The quantitative estimate of drug-likeness (QED) is 0.457. The molecule has 0 saturated heterocycles. The standard InChI is InChI=1S/C6H13S/c1-5(7)6(2,3)4/h5H,1-4H3. The summed E-state index contributed by atoms with van der Waals surface area (Å²) in [5.74, 6) is 0. The van der Waals surface area contributed by atoms with Gasteiger partial charge >= 0.3 is 0 Å². The first kappa shape index (κ1) is 7.35. The highest BCUT2D eigenvalue weighted by atomic mass is 32.1. The molecule has 0 N–H and O–H groups in total. The van der Waals surface area contributed by atoms with Gasteiger partial charge in [-0.3, -0.25) is 0 Å². The lowest BCUT2D eigenvalue weighted by Crippen LogP contribution is -2.16. The predicted octanol–water partition coefficient (Wildman–Crippen LogP) is 2.62. The van der Waals surface area contributed by atoms with E-state index in [9.17, 15) is 0 Å². The fourth-order valence-corrected chi connectivity index (χ4v) is 0. The van der Waals surface area contributed by atoms with Gasteiger partial charge in [0.05, 0.1) is 0 Å². The van der Waals surface area contributed by atoms with E-state index in [4.69, 9.17) is 12.6 Å². The molecule has 0 bridgehead atoms. The van der Waals surface area contributed by atoms with Crippen molar-refractivity contribution < 1.29 is 0 Å². The normalized spacial score (nSPS) is 16.7. The van der Waals surface area contributed by atoms with Crippen molar-refractivity contribution in [2.24, 2.45) is 5.41 Å². The molecule has 0 amide bonds. The average Bonchev–Trinajstić information content (AvgIpc) is 1.31. The van der Waals surface area contributed by atoms with Crippen molar-refractivity contribution in [3.05, 3.63) is 0 Å². The second kappa shape index (κ2) is 2.08. The molecule has 7 heavy (non-hydrogen) atoms. The van der Waals surface area contributed by atoms with Crippen LogP contribution in [0.15, 0.2) is 0 Å². The fraction of sp³-hybridized carbons (Fsp3) is 1.00. The minimum Gasteiger partial charge on any atom is -0.0902 e. The third-order valence-corrected chi connectivity index (χ3v) is 1.93. The van der Waals surface area contributed by atoms with E-state index in [-0.39, 0.29) is 0 Å². The van der Waals surface area contributed by atoms with Gasteiger partial charge in [-0.1, -0.05) is 40.3 Å². The summed E-state index contributed by atoms with van der Waals surface area (Å²) in [6, 6.07) is 0. The van der Waals surface area contributed by atoms with E-state index < -0.39 is 0 Å². The maximum Gasteiger partial charge on any atom is 0.0171 e. The molecule has 0 saturated carbocycles. The molecule has 43 valence electrons. The molecule has 0 spiro atoms. The summed E-state index contributed by atoms with van der Waals surface area (Å²) in [5, 5.41) is 0.382. The Hall–Kier alpha value is 0.350. The average molecular weight is 117 g/mol. The Labute approximate surface area is 51.7 Å². The Morgan fingerprint density at radius 3 is 1.43 bits per heavy atom. The second-order valence-electron chi connectivity index (χ2n) is 3.01. The van der Waals surface area contributed by atoms with Gasteiger partial charge in [0.1, 0.15) is 0 Å². The van der Waals surface area contributed by atoms with Crippen LogP contribution in [0, 0.1) is 5.41 Å². The first-order chi connectivity index (χ1) is 2.94. The molecule has 0 aliphatic carbocycles. The van der Waals surface area contributed by atoms with Crippen molar-refractivity contribution in [3.8, 4) is 0 Å². The second-order valence-corrected chi connectivity index (χ2v) is 3.72. The maximum absolute atomic E-state index is 5.02. The summed E-state index contributed by atoms with van der Waals surface area (Å²) in [6.07, 6.45) is 0. The molecule has 1 atom stereocenters. The Morgan fingerprint density at radius 2 is 1.43 bits per heavy atom. The number of rotatable bonds is 0. The molecule has 0 aliphatic rings. The first-order valence-corrected chi connectivity index (χ1v) is 3.07. The van der Waals surface area contributed by atoms with Gasteiger partial charge in [-0.25, -0.2) is 0 Å². The van der Waals surface area contributed by atoms with E-state index in [2.05, 4.69) is 27.7 Å². The zero-order valence-corrected chi connectivity index (χ0v) is 6.30. The van der Waals surface area contributed by atoms with Crippen LogP contribution in [0.1, 0.15) is 27.7 Å². The highest BCUT2D eigenvalue weighted by Gasteiger charge is 2.15. The molecule has 0 aromatic carbocycles. The maximum atomic E-state index is 5.02. The van der Waals surface area contributed by atoms with Crippen molar-refractivity contribution in [1.29, 1.82) is 0 Å². The molecule has 1 heteroatoms. The highest BCUT2D eigenvalue weighted by Crippen LogP contribution is 2.22. The minimum absolute atomic E-state index is 0.315. The van der Waals surface area contributed by atoms with Crippen LogP contribution in [0.3, 0.4) is 0 Å². The molecule has 0 heterocycles. The summed E-state index contributed by atoms with van der Waals surface area (Å²) >= 11 is 5.02. The molecule has 1 radical (unpaired) electrons. The lowest BCUT2D eigenvalue weighted by Gasteiger charge is -2.20. The molecule has 0 fully saturated rings. The molecular weight excluding hydrogens is 104 g/mol. The first-order valence-electron chi connectivity index (χ1n) is 2.60. The summed E-state index contributed by atoms with van der Waals surface area (Å²) in [6.45, 7) is 8.54. The van der Waals surface area contributed by atoms with Crippen LogP contribution in [-0.2, 0) is 0 Å². The van der Waals surface area contributed by atoms with Gasteiger partial charge in [0.2, 0.25) is 0 Å². The zero-order valence-electron chi connectivity index (χ0n) is 5.49. The third-order valence-electron chi connectivity index (χ3n) is 1.22. The minimum atomic E-state index is 0.315. The lowest BCUT2D eigenvalue weighted by molar-refractivity contribution is 0.413. The SMILES string of the molecule is CC([S])C(C)(C)C. The van der Waals surface area contributed by atoms with Crippen LogP contribution in [0.2, 0.25) is 0 Å². The summed E-state index contributed by atoms with van der Waals surface area (Å²) in [5.41, 5.74) is 0.315. The van der Waals surface area contributed by atoms with Gasteiger partial charge in [0, 0.05) is 5.25 Å². The lowest BCUT2D eigenvalue weighted by atomic mass is 9.93. The smallest absolute Gasteiger partial charge is 0.0171 e. The molecule has 0 aromatic rings. The third kappa shape index (κ3) is 2.98. The van der Waals surface area contributed by atoms with E-state index in [1.165, 1.54) is 0 Å². The van der Waals surface area contributed by atoms with E-state index >= 15 is 0 Å². The molecule has 1 unspecified atom stereocenters. The topological polar surface area (TPSA) is 0 Å². The van der Waals surface area contributed by atoms with Crippen molar-refractivity contribution in [1.82, 2.24) is 0 Å². The monoisotopic (exact) mass is 117 g/mol. The summed E-state index contributed by atoms with van der Waals surface area (Å²) < 4.78 is 0. The van der Waals surface area contributed by atoms with Crippen LogP contribution in [0.5, 0.6) is 0 Å². The molecule has 0 rings (SSSR count). The van der Waals surface area contributed by atoms with Gasteiger partial charge in [-0.2, -0.15) is 0 Å². The Morgan fingerprint density at radius 1 is 1.29 bits per heavy atom. The van der Waals surface area contributed by atoms with Crippen molar-refractivity contribution in [2.75, 3.05) is 0 Å². The van der Waals surface area contributed by atoms with E-state index in [0.29, 0.717) is 10.7 Å². The van der Waals surface area contributed by atoms with Crippen LogP contribution in [-0.4, -0.2) is 5.25 Å². The van der Waals surface area contributed by atoms with Gasteiger partial charge in [-0.05, 0) is 5.41 Å². The van der Waals surface area contributed by atoms with Crippen molar-refractivity contribution in [2.45, 2.75) is 32.9 Å². The summed E-state index contributed by atoms with van der Waals surface area (Å²) in [7, 11) is 0. The van der Waals surface area contributed by atoms with Gasteiger partial charge in [0.25, 0.3) is 0 Å². The highest BCUT2D eigenvalue weighted by molar-refractivity contribution is 7.81. The number of hydrogen-bond donors (Lipinski definition) is 0. The Bertz CT molecular complexity index is 49.7. The molecule has 0 aromatic heterocycles. The van der Waals surface area contributed by atoms with Crippen LogP contribution >= 0.6 is 12.6 Å². The van der Waals surface area contributed by atoms with Crippen molar-refractivity contribution in [3.63, 3.8) is 0 Å².